The Kier molecular flexibility index (Phi) is 9.47. The third-order valence-corrected chi connectivity index (χ3v) is 8.97. The summed E-state index contributed by atoms with van der Waals surface area (Å²) >= 11 is 0. The Balaban J connectivity index is 1.42. The van der Waals surface area contributed by atoms with Gasteiger partial charge in [-0.3, -0.25) is 9.59 Å². The Hall–Kier alpha value is -4.87. The molecule has 0 spiro atoms. The van der Waals surface area contributed by atoms with Crippen LogP contribution in [0.2, 0.25) is 0 Å². The highest BCUT2D eigenvalue weighted by atomic mass is 32.2. The molecule has 1 aliphatic heterocycles. The molecule has 4 aromatic rings. The Morgan fingerprint density at radius 3 is 2.18 bits per heavy atom. The van der Waals surface area contributed by atoms with Crippen LogP contribution in [-0.2, 0) is 32.7 Å². The molecule has 0 saturated carbocycles. The average Bonchev–Trinajstić information content (AvgIpc) is 3.06. The minimum Gasteiger partial charge on any atom is -0.493 e. The summed E-state index contributed by atoms with van der Waals surface area (Å²) in [6.45, 7) is -0.343. The number of methoxy groups -OCH3 is 2. The first kappa shape index (κ1) is 30.6. The van der Waals surface area contributed by atoms with Gasteiger partial charge >= 0.3 is 0 Å². The van der Waals surface area contributed by atoms with E-state index in [2.05, 4.69) is 5.32 Å². The van der Waals surface area contributed by atoms with E-state index in [0.717, 1.165) is 9.87 Å². The van der Waals surface area contributed by atoms with Crippen LogP contribution >= 0.6 is 0 Å². The van der Waals surface area contributed by atoms with Crippen LogP contribution in [0.4, 0.5) is 5.69 Å². The van der Waals surface area contributed by atoms with Gasteiger partial charge in [0.25, 0.3) is 5.91 Å². The van der Waals surface area contributed by atoms with Gasteiger partial charge in [-0.1, -0.05) is 72.8 Å². The van der Waals surface area contributed by atoms with Gasteiger partial charge in [-0.25, -0.2) is 8.42 Å². The number of para-hydroxylation sites is 2. The number of sulfonamides is 1. The summed E-state index contributed by atoms with van der Waals surface area (Å²) in [4.78, 5) is 28.5. The highest BCUT2D eigenvalue weighted by Crippen LogP contribution is 2.34. The Morgan fingerprint density at radius 2 is 1.50 bits per heavy atom. The standard InChI is InChI=1S/C33H33N3O7S/c1-41-29-18-17-26(19-30(29)42-2)44(39,40)35(21-25-13-7-4-8-14-25)23-32(37)36-22-31(43-28-16-10-9-15-27(28)36)33(38)34-20-24-11-5-3-6-12-24/h3-19,31H,20-23H2,1-2H3,(H,34,38)/t31-/m0/s1. The SMILES string of the molecule is COc1ccc(S(=O)(=O)N(CC(=O)N2C[C@@H](C(=O)NCc3ccccc3)Oc3ccccc32)Cc2ccccc2)cc1OC. The van der Waals surface area contributed by atoms with Crippen molar-refractivity contribution < 1.29 is 32.2 Å². The number of benzene rings is 4. The van der Waals surface area contributed by atoms with E-state index in [-0.39, 0.29) is 29.6 Å². The molecule has 0 bridgehead atoms. The number of nitrogens with zero attached hydrogens (tertiary/aromatic N) is 2. The first-order chi connectivity index (χ1) is 21.3. The zero-order valence-electron chi connectivity index (χ0n) is 24.4. The van der Waals surface area contributed by atoms with Crippen molar-refractivity contribution in [3.63, 3.8) is 0 Å². The fraction of sp³-hybridized carbons (Fsp3) is 0.212. The van der Waals surface area contributed by atoms with Crippen LogP contribution in [-0.4, -0.2) is 58.0 Å². The van der Waals surface area contributed by atoms with Crippen LogP contribution in [0.5, 0.6) is 17.2 Å². The zero-order valence-corrected chi connectivity index (χ0v) is 25.2. The molecule has 228 valence electrons. The lowest BCUT2D eigenvalue weighted by molar-refractivity contribution is -0.128. The fourth-order valence-electron chi connectivity index (χ4n) is 4.88. The smallest absolute Gasteiger partial charge is 0.263 e. The normalized spacial score (nSPS) is 14.3. The maximum Gasteiger partial charge on any atom is 0.263 e. The lowest BCUT2D eigenvalue weighted by Gasteiger charge is -2.35. The van der Waals surface area contributed by atoms with E-state index < -0.39 is 28.6 Å². The Bertz CT molecular complexity index is 1720. The highest BCUT2D eigenvalue weighted by Gasteiger charge is 2.36. The van der Waals surface area contributed by atoms with Crippen LogP contribution in [0.15, 0.2) is 108 Å². The van der Waals surface area contributed by atoms with Crippen molar-refractivity contribution in [2.24, 2.45) is 0 Å². The van der Waals surface area contributed by atoms with Crippen LogP contribution < -0.4 is 24.4 Å². The summed E-state index contributed by atoms with van der Waals surface area (Å²) in [7, 11) is -1.32. The van der Waals surface area contributed by atoms with Gasteiger partial charge < -0.3 is 24.4 Å². The van der Waals surface area contributed by atoms with Crippen LogP contribution in [0.3, 0.4) is 0 Å². The van der Waals surface area contributed by atoms with E-state index in [1.807, 2.05) is 36.4 Å². The van der Waals surface area contributed by atoms with Crippen molar-refractivity contribution in [2.75, 3.05) is 32.2 Å². The molecule has 0 saturated heterocycles. The maximum absolute atomic E-state index is 14.0. The number of carbonyl (C=O) groups excluding carboxylic acids is 2. The van der Waals surface area contributed by atoms with Gasteiger partial charge in [-0.2, -0.15) is 4.31 Å². The molecule has 1 heterocycles. The Labute approximate surface area is 256 Å². The summed E-state index contributed by atoms with van der Waals surface area (Å²) in [6, 6.07) is 29.6. The number of ether oxygens (including phenoxy) is 3. The van der Waals surface area contributed by atoms with Crippen LogP contribution in [0, 0.1) is 0 Å². The molecule has 5 rings (SSSR count). The average molecular weight is 616 g/mol. The topological polar surface area (TPSA) is 114 Å². The second kappa shape index (κ2) is 13.6. The number of hydrogen-bond donors (Lipinski definition) is 1. The van der Waals surface area contributed by atoms with Crippen molar-refractivity contribution >= 4 is 27.5 Å². The number of amides is 2. The van der Waals surface area contributed by atoms with E-state index in [1.54, 1.807) is 48.5 Å². The molecule has 10 nitrogen and oxygen atoms in total. The van der Waals surface area contributed by atoms with Gasteiger partial charge in [0.15, 0.2) is 17.6 Å². The van der Waals surface area contributed by atoms with E-state index in [0.29, 0.717) is 29.3 Å². The molecule has 1 N–H and O–H groups in total. The third-order valence-electron chi connectivity index (χ3n) is 7.18. The number of carbonyl (C=O) groups is 2. The highest BCUT2D eigenvalue weighted by molar-refractivity contribution is 7.89. The number of hydrogen-bond acceptors (Lipinski definition) is 7. The molecule has 1 atom stereocenters. The number of anilines is 1. The van der Waals surface area contributed by atoms with Crippen LogP contribution in [0.1, 0.15) is 11.1 Å². The molecular formula is C33H33N3O7S. The van der Waals surface area contributed by atoms with Crippen molar-refractivity contribution in [3.8, 4) is 17.2 Å². The Morgan fingerprint density at radius 1 is 0.864 bits per heavy atom. The number of nitrogens with one attached hydrogen (secondary N) is 1. The quantitative estimate of drug-likeness (QED) is 0.271. The van der Waals surface area contributed by atoms with E-state index in [4.69, 9.17) is 14.2 Å². The largest absolute Gasteiger partial charge is 0.493 e. The number of fused-ring (bicyclic) bond motifs is 1. The molecule has 4 aromatic carbocycles. The van der Waals surface area contributed by atoms with Crippen molar-refractivity contribution in [1.82, 2.24) is 9.62 Å². The van der Waals surface area contributed by atoms with E-state index in [1.165, 1.54) is 37.3 Å². The van der Waals surface area contributed by atoms with Crippen molar-refractivity contribution in [2.45, 2.75) is 24.1 Å². The van der Waals surface area contributed by atoms with Crippen molar-refractivity contribution in [1.29, 1.82) is 0 Å². The zero-order chi connectivity index (χ0) is 31.1. The molecule has 0 aliphatic carbocycles. The maximum atomic E-state index is 14.0. The predicted octanol–water partition coefficient (Wildman–Crippen LogP) is 4.01. The molecule has 0 radical (unpaired) electrons. The van der Waals surface area contributed by atoms with Gasteiger partial charge in [0, 0.05) is 19.2 Å². The second-order valence-corrected chi connectivity index (χ2v) is 12.0. The molecule has 1 aliphatic rings. The number of rotatable bonds is 11. The third kappa shape index (κ3) is 6.85. The van der Waals surface area contributed by atoms with E-state index in [9.17, 15) is 18.0 Å². The van der Waals surface area contributed by atoms with Gasteiger partial charge in [0.1, 0.15) is 5.75 Å². The molecule has 0 aromatic heterocycles. The molecule has 44 heavy (non-hydrogen) atoms. The van der Waals surface area contributed by atoms with Crippen LogP contribution in [0.25, 0.3) is 0 Å². The second-order valence-electron chi connectivity index (χ2n) is 10.1. The lowest BCUT2D eigenvalue weighted by Crippen LogP contribution is -2.52. The predicted molar refractivity (Wildman–Crippen MR) is 165 cm³/mol. The first-order valence-electron chi connectivity index (χ1n) is 13.9. The van der Waals surface area contributed by atoms with Crippen molar-refractivity contribution in [3.05, 3.63) is 114 Å². The molecule has 0 unspecified atom stereocenters. The molecular weight excluding hydrogens is 582 g/mol. The lowest BCUT2D eigenvalue weighted by atomic mass is 10.1. The monoisotopic (exact) mass is 615 g/mol. The van der Waals surface area contributed by atoms with Gasteiger partial charge in [0.05, 0.1) is 37.9 Å². The summed E-state index contributed by atoms with van der Waals surface area (Å²) in [5.74, 6) is 0.0656. The molecule has 2 amide bonds. The fourth-order valence-corrected chi connectivity index (χ4v) is 6.27. The minimum atomic E-state index is -4.20. The molecule has 11 heteroatoms. The van der Waals surface area contributed by atoms with Gasteiger partial charge in [0.2, 0.25) is 15.9 Å². The van der Waals surface area contributed by atoms with Gasteiger partial charge in [-0.15, -0.1) is 0 Å². The molecule has 0 fully saturated rings. The summed E-state index contributed by atoms with van der Waals surface area (Å²) < 4.78 is 45.8. The van der Waals surface area contributed by atoms with Gasteiger partial charge in [-0.05, 0) is 35.4 Å². The summed E-state index contributed by atoms with van der Waals surface area (Å²) in [5.41, 5.74) is 2.07. The van der Waals surface area contributed by atoms with E-state index >= 15 is 0 Å². The summed E-state index contributed by atoms with van der Waals surface area (Å²) in [6.07, 6.45) is -0.998. The summed E-state index contributed by atoms with van der Waals surface area (Å²) in [5, 5.41) is 2.87. The first-order valence-corrected chi connectivity index (χ1v) is 15.4. The minimum absolute atomic E-state index is 0.0561.